The van der Waals surface area contributed by atoms with Crippen molar-refractivity contribution in [2.75, 3.05) is 0 Å². The van der Waals surface area contributed by atoms with Gasteiger partial charge in [-0.1, -0.05) is 62.5 Å². The molecule has 3 aliphatic rings. The summed E-state index contributed by atoms with van der Waals surface area (Å²) in [7, 11) is 0. The summed E-state index contributed by atoms with van der Waals surface area (Å²) < 4.78 is 1.94. The fourth-order valence-corrected chi connectivity index (χ4v) is 6.35. The van der Waals surface area contributed by atoms with Crippen LogP contribution in [0.3, 0.4) is 0 Å². The predicted octanol–water partition coefficient (Wildman–Crippen LogP) is 4.73. The molecule has 3 fully saturated rings. The van der Waals surface area contributed by atoms with E-state index in [1.165, 1.54) is 0 Å². The monoisotopic (exact) mass is 532 g/mol. The third kappa shape index (κ3) is 3.30. The molecule has 5 rings (SSSR count). The Morgan fingerprint density at radius 1 is 0.767 bits per heavy atom. The highest BCUT2D eigenvalue weighted by molar-refractivity contribution is 9.10. The van der Waals surface area contributed by atoms with Crippen molar-refractivity contribution in [3.63, 3.8) is 0 Å². The van der Waals surface area contributed by atoms with Gasteiger partial charge in [0.05, 0.1) is 12.1 Å². The van der Waals surface area contributed by atoms with Gasteiger partial charge >= 0.3 is 12.1 Å². The summed E-state index contributed by atoms with van der Waals surface area (Å²) in [5, 5.41) is 12.5. The second-order valence-electron chi connectivity index (χ2n) is 8.28. The summed E-state index contributed by atoms with van der Waals surface area (Å²) in [6.07, 6.45) is 2.85. The summed E-state index contributed by atoms with van der Waals surface area (Å²) in [6, 6.07) is 15.2. The van der Waals surface area contributed by atoms with Crippen LogP contribution in [0, 0.1) is 11.8 Å². The average molecular weight is 534 g/mol. The molecule has 0 aromatic heterocycles. The average Bonchev–Trinajstić information content (AvgIpc) is 2.71. The van der Waals surface area contributed by atoms with Gasteiger partial charge < -0.3 is 21.3 Å². The molecule has 2 aliphatic heterocycles. The first-order chi connectivity index (χ1) is 14.5. The quantitative estimate of drug-likeness (QED) is 0.450. The number of halogens is 2. The highest BCUT2D eigenvalue weighted by Crippen LogP contribution is 2.50. The number of hydrogen-bond acceptors (Lipinski definition) is 2. The van der Waals surface area contributed by atoms with E-state index in [0.717, 1.165) is 39.3 Å². The van der Waals surface area contributed by atoms with Crippen molar-refractivity contribution < 1.29 is 9.59 Å². The van der Waals surface area contributed by atoms with Crippen LogP contribution in [0.1, 0.15) is 42.5 Å². The topological polar surface area (TPSA) is 82.3 Å². The summed E-state index contributed by atoms with van der Waals surface area (Å²) in [6.45, 7) is 0. The number of amides is 4. The Morgan fingerprint density at radius 3 is 1.67 bits per heavy atom. The van der Waals surface area contributed by atoms with Crippen molar-refractivity contribution in [1.82, 2.24) is 21.3 Å². The Kier molecular flexibility index (Phi) is 5.01. The number of rotatable bonds is 2. The Balaban J connectivity index is 1.59. The fraction of sp³-hybridized carbons (Fsp3) is 0.364. The van der Waals surface area contributed by atoms with E-state index < -0.39 is 5.66 Å². The van der Waals surface area contributed by atoms with E-state index >= 15 is 0 Å². The molecule has 2 saturated heterocycles. The molecule has 4 N–H and O–H groups in total. The Labute approximate surface area is 191 Å². The highest BCUT2D eigenvalue weighted by atomic mass is 79.9. The Hall–Kier alpha value is -2.06. The van der Waals surface area contributed by atoms with Crippen molar-refractivity contribution in [3.8, 4) is 0 Å². The maximum atomic E-state index is 12.8. The minimum Gasteiger partial charge on any atom is -0.331 e. The van der Waals surface area contributed by atoms with Gasteiger partial charge in [-0.25, -0.2) is 9.59 Å². The van der Waals surface area contributed by atoms with Crippen LogP contribution in [-0.4, -0.2) is 17.7 Å². The third-order valence-electron chi connectivity index (χ3n) is 6.63. The first-order valence-electron chi connectivity index (χ1n) is 10.1. The van der Waals surface area contributed by atoms with Crippen LogP contribution in [0.15, 0.2) is 57.5 Å². The van der Waals surface area contributed by atoms with Crippen molar-refractivity contribution in [1.29, 1.82) is 0 Å². The van der Waals surface area contributed by atoms with Crippen molar-refractivity contribution in [3.05, 3.63) is 68.6 Å². The molecule has 4 amide bonds. The minimum atomic E-state index is -0.803. The third-order valence-corrected chi connectivity index (χ3v) is 7.62. The van der Waals surface area contributed by atoms with Gasteiger partial charge in [-0.2, -0.15) is 0 Å². The van der Waals surface area contributed by atoms with Crippen LogP contribution in [0.2, 0.25) is 0 Å². The standard InChI is InChI=1S/C22H22Br2N4O2/c23-14-6-1-4-12(10-14)18-16-8-3-9-17-19(13-5-2-7-15(24)11-13)26-21(30)28-22(16,17)27-20(29)25-18/h1-2,4-7,10-11,16-19H,3,8-9H2,(H2,25,27,29)(H2,26,28,30). The molecule has 1 spiro atoms. The number of benzene rings is 2. The fourth-order valence-electron chi connectivity index (χ4n) is 5.51. The lowest BCUT2D eigenvalue weighted by atomic mass is 9.62. The van der Waals surface area contributed by atoms with Crippen LogP contribution >= 0.6 is 31.9 Å². The molecule has 2 aromatic carbocycles. The molecule has 0 radical (unpaired) electrons. The first kappa shape index (κ1) is 19.9. The van der Waals surface area contributed by atoms with Crippen molar-refractivity contribution >= 4 is 43.9 Å². The smallest absolute Gasteiger partial charge is 0.317 e. The second kappa shape index (κ2) is 7.57. The first-order valence-corrected chi connectivity index (χ1v) is 11.7. The van der Waals surface area contributed by atoms with Gasteiger partial charge in [0.15, 0.2) is 0 Å². The van der Waals surface area contributed by atoms with E-state index in [4.69, 9.17) is 0 Å². The largest absolute Gasteiger partial charge is 0.331 e. The molecule has 6 nitrogen and oxygen atoms in total. The molecular weight excluding hydrogens is 512 g/mol. The number of carbonyl (C=O) groups is 2. The zero-order valence-electron chi connectivity index (χ0n) is 16.1. The SMILES string of the molecule is O=C1NC(c2cccc(Br)c2)C2CCCC3C(c4cccc(Br)c4)NC(=O)NC23N1. The van der Waals surface area contributed by atoms with E-state index in [-0.39, 0.29) is 36.0 Å². The summed E-state index contributed by atoms with van der Waals surface area (Å²) in [5.41, 5.74) is 1.27. The Morgan fingerprint density at radius 2 is 1.23 bits per heavy atom. The molecule has 1 saturated carbocycles. The van der Waals surface area contributed by atoms with Gasteiger partial charge in [0.25, 0.3) is 0 Å². The van der Waals surface area contributed by atoms with Gasteiger partial charge in [-0.3, -0.25) is 0 Å². The van der Waals surface area contributed by atoms with E-state index in [9.17, 15) is 9.59 Å². The predicted molar refractivity (Wildman–Crippen MR) is 121 cm³/mol. The van der Waals surface area contributed by atoms with Crippen LogP contribution in [-0.2, 0) is 0 Å². The summed E-state index contributed by atoms with van der Waals surface area (Å²) in [5.74, 6) is 0.0629. The van der Waals surface area contributed by atoms with Crippen LogP contribution in [0.25, 0.3) is 0 Å². The number of urea groups is 2. The maximum Gasteiger partial charge on any atom is 0.317 e. The van der Waals surface area contributed by atoms with E-state index in [2.05, 4.69) is 53.1 Å². The molecule has 2 heterocycles. The lowest BCUT2D eigenvalue weighted by molar-refractivity contribution is -0.0124. The lowest BCUT2D eigenvalue weighted by Gasteiger charge is -2.59. The number of nitrogens with one attached hydrogen (secondary N) is 4. The Bertz CT molecular complexity index is 935. The molecule has 156 valence electrons. The van der Waals surface area contributed by atoms with Gasteiger partial charge in [0.1, 0.15) is 5.66 Å². The van der Waals surface area contributed by atoms with Gasteiger partial charge in [-0.05, 0) is 48.2 Å². The molecule has 0 bridgehead atoms. The molecule has 4 unspecified atom stereocenters. The number of hydrogen-bond donors (Lipinski definition) is 4. The van der Waals surface area contributed by atoms with Gasteiger partial charge in [-0.15, -0.1) is 0 Å². The zero-order valence-corrected chi connectivity index (χ0v) is 19.3. The molecule has 2 aromatic rings. The molecular formula is C22H22Br2N4O2. The van der Waals surface area contributed by atoms with Crippen molar-refractivity contribution in [2.45, 2.75) is 37.0 Å². The molecule has 4 atom stereocenters. The van der Waals surface area contributed by atoms with Gasteiger partial charge in [0, 0.05) is 20.8 Å². The van der Waals surface area contributed by atoms with Crippen LogP contribution in [0.4, 0.5) is 9.59 Å². The minimum absolute atomic E-state index is 0.0314. The second-order valence-corrected chi connectivity index (χ2v) is 10.1. The van der Waals surface area contributed by atoms with E-state index in [0.29, 0.717) is 0 Å². The summed E-state index contributed by atoms with van der Waals surface area (Å²) in [4.78, 5) is 25.7. The summed E-state index contributed by atoms with van der Waals surface area (Å²) >= 11 is 7.09. The van der Waals surface area contributed by atoms with Crippen LogP contribution < -0.4 is 21.3 Å². The van der Waals surface area contributed by atoms with Crippen LogP contribution in [0.5, 0.6) is 0 Å². The zero-order chi connectivity index (χ0) is 20.9. The lowest BCUT2D eigenvalue weighted by Crippen LogP contribution is -2.80. The van der Waals surface area contributed by atoms with E-state index in [1.54, 1.807) is 0 Å². The number of carbonyl (C=O) groups excluding carboxylic acids is 2. The highest BCUT2D eigenvalue weighted by Gasteiger charge is 2.60. The van der Waals surface area contributed by atoms with Gasteiger partial charge in [0.2, 0.25) is 0 Å². The van der Waals surface area contributed by atoms with E-state index in [1.807, 2.05) is 48.5 Å². The normalized spacial score (nSPS) is 32.6. The van der Waals surface area contributed by atoms with Crippen molar-refractivity contribution in [2.24, 2.45) is 11.8 Å². The molecule has 1 aliphatic carbocycles. The molecule has 30 heavy (non-hydrogen) atoms. The molecule has 8 heteroatoms. The maximum absolute atomic E-state index is 12.8.